The van der Waals surface area contributed by atoms with Crippen molar-refractivity contribution < 1.29 is 9.53 Å². The summed E-state index contributed by atoms with van der Waals surface area (Å²) >= 11 is 0. The summed E-state index contributed by atoms with van der Waals surface area (Å²) in [5.74, 6) is 1.83. The van der Waals surface area contributed by atoms with Gasteiger partial charge in [-0.1, -0.05) is 6.07 Å². The van der Waals surface area contributed by atoms with Crippen LogP contribution in [-0.2, 0) is 4.79 Å². The molecule has 31 heavy (non-hydrogen) atoms. The molecule has 2 heterocycles. The molecule has 0 saturated carbocycles. The number of hydrogen-bond donors (Lipinski definition) is 1. The molecular formula is C25H28N4O2. The number of nitrogens with one attached hydrogen (secondary N) is 1. The monoisotopic (exact) mass is 416 g/mol. The summed E-state index contributed by atoms with van der Waals surface area (Å²) in [5, 5.41) is 3.08. The molecule has 0 atom stereocenters. The Balaban J connectivity index is 1.38. The molecule has 0 unspecified atom stereocenters. The van der Waals surface area contributed by atoms with Crippen LogP contribution in [0.4, 0.5) is 11.5 Å². The maximum absolute atomic E-state index is 12.7. The maximum atomic E-state index is 12.7. The number of hydrogen-bond acceptors (Lipinski definition) is 5. The SMILES string of the molecule is COc1ccc(-c2cc(N3CCC(C(=O)Nc4ccc(C)c(C)c4)CC3)ncn2)cc1. The van der Waals surface area contributed by atoms with Gasteiger partial charge in [0.25, 0.3) is 0 Å². The van der Waals surface area contributed by atoms with E-state index < -0.39 is 0 Å². The average molecular weight is 417 g/mol. The van der Waals surface area contributed by atoms with Crippen LogP contribution >= 0.6 is 0 Å². The molecule has 0 bridgehead atoms. The first-order valence-corrected chi connectivity index (χ1v) is 10.6. The number of ether oxygens (including phenoxy) is 1. The summed E-state index contributed by atoms with van der Waals surface area (Å²) in [6.45, 7) is 5.73. The lowest BCUT2D eigenvalue weighted by Crippen LogP contribution is -2.38. The van der Waals surface area contributed by atoms with Crippen LogP contribution in [0.1, 0.15) is 24.0 Å². The van der Waals surface area contributed by atoms with Gasteiger partial charge in [-0.05, 0) is 74.2 Å². The van der Waals surface area contributed by atoms with Gasteiger partial charge in [0.2, 0.25) is 5.91 Å². The Bertz CT molecular complexity index is 1060. The standard InChI is InChI=1S/C25H28N4O2/c1-17-4-7-21(14-18(17)2)28-25(30)20-10-12-29(13-11-20)24-15-23(26-16-27-24)19-5-8-22(31-3)9-6-19/h4-9,14-16,20H,10-13H2,1-3H3,(H,28,30). The number of aromatic nitrogens is 2. The molecule has 0 aliphatic carbocycles. The predicted octanol–water partition coefficient (Wildman–Crippen LogP) is 4.62. The zero-order valence-corrected chi connectivity index (χ0v) is 18.3. The van der Waals surface area contributed by atoms with Gasteiger partial charge in [0.15, 0.2) is 0 Å². The fraction of sp³-hybridized carbons (Fsp3) is 0.320. The zero-order valence-electron chi connectivity index (χ0n) is 18.3. The molecular weight excluding hydrogens is 388 g/mol. The van der Waals surface area contributed by atoms with Gasteiger partial charge in [-0.15, -0.1) is 0 Å². The van der Waals surface area contributed by atoms with Crippen LogP contribution in [0.5, 0.6) is 5.75 Å². The van der Waals surface area contributed by atoms with Crippen molar-refractivity contribution in [3.05, 3.63) is 66.0 Å². The molecule has 0 radical (unpaired) electrons. The Labute approximate surface area is 183 Å². The Morgan fingerprint density at radius 2 is 1.74 bits per heavy atom. The lowest BCUT2D eigenvalue weighted by molar-refractivity contribution is -0.120. The highest BCUT2D eigenvalue weighted by molar-refractivity contribution is 5.92. The second-order valence-corrected chi connectivity index (χ2v) is 8.04. The molecule has 1 aromatic heterocycles. The van der Waals surface area contributed by atoms with E-state index in [1.54, 1.807) is 13.4 Å². The molecule has 1 N–H and O–H groups in total. The maximum Gasteiger partial charge on any atom is 0.227 e. The number of nitrogens with zero attached hydrogens (tertiary/aromatic N) is 3. The fourth-order valence-corrected chi connectivity index (χ4v) is 3.87. The smallest absolute Gasteiger partial charge is 0.227 e. The Hall–Kier alpha value is -3.41. The molecule has 1 fully saturated rings. The van der Waals surface area contributed by atoms with Crippen molar-refractivity contribution in [1.29, 1.82) is 0 Å². The number of anilines is 2. The highest BCUT2D eigenvalue weighted by atomic mass is 16.5. The fourth-order valence-electron chi connectivity index (χ4n) is 3.87. The molecule has 0 spiro atoms. The van der Waals surface area contributed by atoms with Crippen molar-refractivity contribution >= 4 is 17.4 Å². The molecule has 1 saturated heterocycles. The topological polar surface area (TPSA) is 67.3 Å². The predicted molar refractivity (Wildman–Crippen MR) is 124 cm³/mol. The first-order valence-electron chi connectivity index (χ1n) is 10.6. The van der Waals surface area contributed by atoms with E-state index in [-0.39, 0.29) is 11.8 Å². The second-order valence-electron chi connectivity index (χ2n) is 8.04. The van der Waals surface area contributed by atoms with E-state index in [0.717, 1.165) is 54.4 Å². The van der Waals surface area contributed by atoms with Gasteiger partial charge in [-0.3, -0.25) is 4.79 Å². The Kier molecular flexibility index (Phi) is 6.16. The van der Waals surface area contributed by atoms with Crippen LogP contribution in [0, 0.1) is 19.8 Å². The van der Waals surface area contributed by atoms with Crippen LogP contribution in [0.25, 0.3) is 11.3 Å². The summed E-state index contributed by atoms with van der Waals surface area (Å²) in [4.78, 5) is 23.9. The minimum atomic E-state index is 0.0146. The van der Waals surface area contributed by atoms with Gasteiger partial charge in [-0.25, -0.2) is 9.97 Å². The van der Waals surface area contributed by atoms with Crippen molar-refractivity contribution in [3.63, 3.8) is 0 Å². The number of methoxy groups -OCH3 is 1. The van der Waals surface area contributed by atoms with Gasteiger partial charge in [0, 0.05) is 36.3 Å². The molecule has 1 aliphatic heterocycles. The van der Waals surface area contributed by atoms with E-state index in [9.17, 15) is 4.79 Å². The zero-order chi connectivity index (χ0) is 21.8. The van der Waals surface area contributed by atoms with Crippen molar-refractivity contribution in [1.82, 2.24) is 9.97 Å². The summed E-state index contributed by atoms with van der Waals surface area (Å²) in [6, 6.07) is 15.9. The van der Waals surface area contributed by atoms with Gasteiger partial charge < -0.3 is 15.0 Å². The molecule has 1 aliphatic rings. The number of aryl methyl sites for hydroxylation is 2. The van der Waals surface area contributed by atoms with E-state index >= 15 is 0 Å². The number of carbonyl (C=O) groups is 1. The highest BCUT2D eigenvalue weighted by Crippen LogP contribution is 2.27. The van der Waals surface area contributed by atoms with Crippen LogP contribution in [0.3, 0.4) is 0 Å². The summed E-state index contributed by atoms with van der Waals surface area (Å²) in [6.07, 6.45) is 3.21. The highest BCUT2D eigenvalue weighted by Gasteiger charge is 2.26. The van der Waals surface area contributed by atoms with Crippen LogP contribution in [0.2, 0.25) is 0 Å². The molecule has 160 valence electrons. The summed E-state index contributed by atoms with van der Waals surface area (Å²) in [5.41, 5.74) is 5.18. The van der Waals surface area contributed by atoms with Gasteiger partial charge in [0.05, 0.1) is 12.8 Å². The lowest BCUT2D eigenvalue weighted by Gasteiger charge is -2.32. The minimum Gasteiger partial charge on any atom is -0.497 e. The summed E-state index contributed by atoms with van der Waals surface area (Å²) in [7, 11) is 1.66. The van der Waals surface area contributed by atoms with Crippen LogP contribution < -0.4 is 15.0 Å². The number of amides is 1. The molecule has 6 nitrogen and oxygen atoms in total. The second kappa shape index (κ2) is 9.16. The number of benzene rings is 2. The van der Waals surface area contributed by atoms with E-state index in [0.29, 0.717) is 0 Å². The van der Waals surface area contributed by atoms with E-state index in [2.05, 4.69) is 34.0 Å². The first kappa shape index (κ1) is 20.8. The van der Waals surface area contributed by atoms with E-state index in [1.807, 2.05) is 48.5 Å². The van der Waals surface area contributed by atoms with Crippen LogP contribution in [0.15, 0.2) is 54.9 Å². The quantitative estimate of drug-likeness (QED) is 0.657. The molecule has 6 heteroatoms. The van der Waals surface area contributed by atoms with Gasteiger partial charge in [-0.2, -0.15) is 0 Å². The third kappa shape index (κ3) is 4.85. The number of rotatable bonds is 5. The Morgan fingerprint density at radius 1 is 1.00 bits per heavy atom. The largest absolute Gasteiger partial charge is 0.497 e. The Morgan fingerprint density at radius 3 is 2.42 bits per heavy atom. The number of piperidine rings is 1. The van der Waals surface area contributed by atoms with Crippen molar-refractivity contribution in [2.24, 2.45) is 5.92 Å². The minimum absolute atomic E-state index is 0.0146. The molecule has 1 amide bonds. The van der Waals surface area contributed by atoms with Crippen molar-refractivity contribution in [2.45, 2.75) is 26.7 Å². The third-order valence-electron chi connectivity index (χ3n) is 6.00. The van der Waals surface area contributed by atoms with Crippen molar-refractivity contribution in [3.8, 4) is 17.0 Å². The number of carbonyl (C=O) groups excluding carboxylic acids is 1. The third-order valence-corrected chi connectivity index (χ3v) is 6.00. The molecule has 2 aromatic carbocycles. The summed E-state index contributed by atoms with van der Waals surface area (Å²) < 4.78 is 5.23. The van der Waals surface area contributed by atoms with Gasteiger partial charge in [0.1, 0.15) is 17.9 Å². The first-order chi connectivity index (χ1) is 15.0. The van der Waals surface area contributed by atoms with Gasteiger partial charge >= 0.3 is 0 Å². The normalized spacial score (nSPS) is 14.4. The van der Waals surface area contributed by atoms with Crippen molar-refractivity contribution in [2.75, 3.05) is 30.4 Å². The van der Waals surface area contributed by atoms with E-state index in [4.69, 9.17) is 4.74 Å². The molecule has 3 aromatic rings. The van der Waals surface area contributed by atoms with Crippen LogP contribution in [-0.4, -0.2) is 36.1 Å². The molecule has 4 rings (SSSR count). The van der Waals surface area contributed by atoms with E-state index in [1.165, 1.54) is 11.1 Å². The lowest BCUT2D eigenvalue weighted by atomic mass is 9.95. The average Bonchev–Trinajstić information content (AvgIpc) is 2.82.